The molecule has 0 aliphatic rings. The van der Waals surface area contributed by atoms with Crippen molar-refractivity contribution in [2.24, 2.45) is 11.8 Å². The fourth-order valence-electron chi connectivity index (χ4n) is 3.82. The molecule has 4 nitrogen and oxygen atoms in total. The molecule has 0 saturated heterocycles. The highest BCUT2D eigenvalue weighted by molar-refractivity contribution is 5.75. The number of hydrogen-bond donors (Lipinski definition) is 1. The minimum atomic E-state index is -0.845. The smallest absolute Gasteiger partial charge is 0.309 e. The van der Waals surface area contributed by atoms with E-state index in [2.05, 4.69) is 31.2 Å². The number of esters is 1. The molecule has 2 aromatic rings. The Balaban J connectivity index is 2.14. The molecule has 0 radical (unpaired) electrons. The zero-order valence-electron chi connectivity index (χ0n) is 19.3. The summed E-state index contributed by atoms with van der Waals surface area (Å²) in [4.78, 5) is 24.8. The largest absolute Gasteiger partial charge is 0.481 e. The summed E-state index contributed by atoms with van der Waals surface area (Å²) in [7, 11) is 0. The van der Waals surface area contributed by atoms with Crippen LogP contribution in [-0.2, 0) is 20.7 Å². The van der Waals surface area contributed by atoms with E-state index in [1.165, 1.54) is 0 Å². The molecule has 0 bridgehead atoms. The zero-order valence-corrected chi connectivity index (χ0v) is 19.3. The normalized spacial score (nSPS) is 13.4. The van der Waals surface area contributed by atoms with E-state index in [-0.39, 0.29) is 11.9 Å². The van der Waals surface area contributed by atoms with Gasteiger partial charge in [0.15, 0.2) is 0 Å². The van der Waals surface area contributed by atoms with Gasteiger partial charge in [-0.2, -0.15) is 0 Å². The van der Waals surface area contributed by atoms with Gasteiger partial charge < -0.3 is 9.84 Å². The molecule has 0 spiro atoms. The lowest BCUT2D eigenvalue weighted by molar-refractivity contribution is -0.161. The fraction of sp³-hybridized carbons (Fsp3) is 0.481. The van der Waals surface area contributed by atoms with E-state index < -0.39 is 17.5 Å². The third-order valence-electron chi connectivity index (χ3n) is 5.43. The van der Waals surface area contributed by atoms with E-state index >= 15 is 0 Å². The Kier molecular flexibility index (Phi) is 9.29. The minimum Gasteiger partial charge on any atom is -0.481 e. The second kappa shape index (κ2) is 11.7. The van der Waals surface area contributed by atoms with Crippen molar-refractivity contribution in [1.29, 1.82) is 0 Å². The second-order valence-electron chi connectivity index (χ2n) is 9.21. The Morgan fingerprint density at radius 2 is 1.58 bits per heavy atom. The number of aryl methyl sites for hydroxylation is 1. The number of carboxylic acids is 1. The van der Waals surface area contributed by atoms with Crippen molar-refractivity contribution in [2.75, 3.05) is 0 Å². The lowest BCUT2D eigenvalue weighted by atomic mass is 9.86. The number of benzene rings is 2. The number of aliphatic carboxylic acids is 1. The predicted molar refractivity (Wildman–Crippen MR) is 125 cm³/mol. The van der Waals surface area contributed by atoms with Crippen molar-refractivity contribution in [2.45, 2.75) is 71.8 Å². The topological polar surface area (TPSA) is 63.6 Å². The summed E-state index contributed by atoms with van der Waals surface area (Å²) in [6, 6.07) is 18.3. The second-order valence-corrected chi connectivity index (χ2v) is 9.21. The Bertz CT molecular complexity index is 836. The van der Waals surface area contributed by atoms with Gasteiger partial charge in [-0.3, -0.25) is 9.59 Å². The number of ether oxygens (including phenoxy) is 1. The van der Waals surface area contributed by atoms with E-state index in [1.54, 1.807) is 0 Å². The molecule has 2 rings (SSSR count). The van der Waals surface area contributed by atoms with E-state index in [4.69, 9.17) is 4.74 Å². The van der Waals surface area contributed by atoms with Gasteiger partial charge in [0.1, 0.15) is 5.60 Å². The van der Waals surface area contributed by atoms with Crippen LogP contribution in [0.4, 0.5) is 0 Å². The Labute approximate surface area is 186 Å². The highest BCUT2D eigenvalue weighted by atomic mass is 16.6. The molecule has 2 aromatic carbocycles. The number of carboxylic acid groups (broad SMARTS) is 1. The van der Waals surface area contributed by atoms with Crippen molar-refractivity contribution < 1.29 is 19.4 Å². The quantitative estimate of drug-likeness (QED) is 0.417. The Morgan fingerprint density at radius 1 is 0.935 bits per heavy atom. The minimum absolute atomic E-state index is 0.281. The first kappa shape index (κ1) is 24.6. The number of hydrogen-bond acceptors (Lipinski definition) is 3. The van der Waals surface area contributed by atoms with Crippen LogP contribution in [0.2, 0.25) is 0 Å². The van der Waals surface area contributed by atoms with Crippen LogP contribution in [0.5, 0.6) is 0 Å². The third-order valence-corrected chi connectivity index (χ3v) is 5.43. The predicted octanol–water partition coefficient (Wildman–Crippen LogP) is 6.53. The molecule has 0 amide bonds. The standard InChI is InChI=1S/C27H36O4/c1-5-6-12-23(26(30)31-27(2,3)4)19-22(25(28)29)18-17-21-15-10-11-16-24(21)20-13-8-7-9-14-20/h7-11,13-16,22-23H,5-6,12,17-19H2,1-4H3,(H,28,29). The first-order valence-electron chi connectivity index (χ1n) is 11.3. The number of carbonyl (C=O) groups is 2. The first-order chi connectivity index (χ1) is 14.7. The van der Waals surface area contributed by atoms with Crippen LogP contribution in [0, 0.1) is 11.8 Å². The van der Waals surface area contributed by atoms with E-state index in [0.717, 1.165) is 29.5 Å². The van der Waals surface area contributed by atoms with Crippen LogP contribution in [0.15, 0.2) is 54.6 Å². The summed E-state index contributed by atoms with van der Waals surface area (Å²) < 4.78 is 5.59. The SMILES string of the molecule is CCCCC(CC(CCc1ccccc1-c1ccccc1)C(=O)O)C(=O)OC(C)(C)C. The maximum Gasteiger partial charge on any atom is 0.309 e. The molecule has 2 unspecified atom stereocenters. The Morgan fingerprint density at radius 3 is 2.19 bits per heavy atom. The van der Waals surface area contributed by atoms with Crippen molar-refractivity contribution >= 4 is 11.9 Å². The molecule has 2 atom stereocenters. The first-order valence-corrected chi connectivity index (χ1v) is 11.3. The molecule has 1 N–H and O–H groups in total. The maximum absolute atomic E-state index is 12.7. The van der Waals surface area contributed by atoms with Crippen molar-refractivity contribution in [3.8, 4) is 11.1 Å². The monoisotopic (exact) mass is 424 g/mol. The number of rotatable bonds is 11. The Hall–Kier alpha value is -2.62. The summed E-state index contributed by atoms with van der Waals surface area (Å²) >= 11 is 0. The van der Waals surface area contributed by atoms with Gasteiger partial charge >= 0.3 is 11.9 Å². The molecular weight excluding hydrogens is 388 g/mol. The molecular formula is C27H36O4. The van der Waals surface area contributed by atoms with E-state index in [1.807, 2.05) is 51.1 Å². The molecule has 0 aliphatic heterocycles. The highest BCUT2D eigenvalue weighted by Gasteiger charge is 2.30. The van der Waals surface area contributed by atoms with Crippen molar-refractivity contribution in [3.63, 3.8) is 0 Å². The summed E-state index contributed by atoms with van der Waals surface area (Å²) in [6.07, 6.45) is 3.96. The summed E-state index contributed by atoms with van der Waals surface area (Å²) in [5, 5.41) is 9.87. The van der Waals surface area contributed by atoms with Gasteiger partial charge in [-0.1, -0.05) is 74.4 Å². The van der Waals surface area contributed by atoms with Gasteiger partial charge in [0, 0.05) is 0 Å². The van der Waals surface area contributed by atoms with Gasteiger partial charge in [-0.05, 0) is 63.1 Å². The molecule has 0 aliphatic carbocycles. The lowest BCUT2D eigenvalue weighted by Crippen LogP contribution is -2.31. The molecule has 4 heteroatoms. The van der Waals surface area contributed by atoms with Crippen LogP contribution in [-0.4, -0.2) is 22.6 Å². The maximum atomic E-state index is 12.7. The van der Waals surface area contributed by atoms with Crippen molar-refractivity contribution in [1.82, 2.24) is 0 Å². The summed E-state index contributed by atoms with van der Waals surface area (Å²) in [5.41, 5.74) is 2.80. The number of carbonyl (C=O) groups excluding carboxylic acids is 1. The van der Waals surface area contributed by atoms with Crippen LogP contribution in [0.1, 0.15) is 65.4 Å². The van der Waals surface area contributed by atoms with Crippen LogP contribution < -0.4 is 0 Å². The highest BCUT2D eigenvalue weighted by Crippen LogP contribution is 2.29. The van der Waals surface area contributed by atoms with Crippen molar-refractivity contribution in [3.05, 3.63) is 60.2 Å². The molecule has 0 saturated carbocycles. The fourth-order valence-corrected chi connectivity index (χ4v) is 3.82. The van der Waals surface area contributed by atoms with Crippen LogP contribution in [0.25, 0.3) is 11.1 Å². The van der Waals surface area contributed by atoms with Crippen LogP contribution >= 0.6 is 0 Å². The van der Waals surface area contributed by atoms with Crippen LogP contribution in [0.3, 0.4) is 0 Å². The van der Waals surface area contributed by atoms with Gasteiger partial charge in [-0.25, -0.2) is 0 Å². The average molecular weight is 425 g/mol. The molecule has 168 valence electrons. The third kappa shape index (κ3) is 8.20. The molecule has 0 heterocycles. The molecule has 31 heavy (non-hydrogen) atoms. The summed E-state index contributed by atoms with van der Waals surface area (Å²) in [6.45, 7) is 7.60. The van der Waals surface area contributed by atoms with Gasteiger partial charge in [0.2, 0.25) is 0 Å². The van der Waals surface area contributed by atoms with E-state index in [0.29, 0.717) is 25.7 Å². The zero-order chi connectivity index (χ0) is 22.9. The summed E-state index contributed by atoms with van der Waals surface area (Å²) in [5.74, 6) is -2.10. The number of unbranched alkanes of at least 4 members (excludes halogenated alkanes) is 1. The molecule has 0 fully saturated rings. The average Bonchev–Trinajstić information content (AvgIpc) is 2.72. The van der Waals surface area contributed by atoms with Gasteiger partial charge in [0.25, 0.3) is 0 Å². The lowest BCUT2D eigenvalue weighted by Gasteiger charge is -2.25. The molecule has 0 aromatic heterocycles. The van der Waals surface area contributed by atoms with E-state index in [9.17, 15) is 14.7 Å². The van der Waals surface area contributed by atoms with Gasteiger partial charge in [0.05, 0.1) is 11.8 Å². The van der Waals surface area contributed by atoms with Gasteiger partial charge in [-0.15, -0.1) is 0 Å².